The Balaban J connectivity index is 2.00. The summed E-state index contributed by atoms with van der Waals surface area (Å²) < 4.78 is 15.9. The lowest BCUT2D eigenvalue weighted by atomic mass is 10.2. The average Bonchev–Trinajstić information content (AvgIpc) is 3.37. The van der Waals surface area contributed by atoms with E-state index in [9.17, 15) is 14.4 Å². The lowest BCUT2D eigenvalue weighted by Gasteiger charge is -2.30. The number of carbonyl (C=O) groups is 3. The molecule has 0 saturated carbocycles. The zero-order valence-electron chi connectivity index (χ0n) is 17.4. The zero-order chi connectivity index (χ0) is 21.2. The van der Waals surface area contributed by atoms with Gasteiger partial charge in [-0.05, 0) is 45.7 Å². The molecule has 0 bridgehead atoms. The fraction of sp³-hybridized carbons (Fsp3) is 0.650. The number of nitrogens with one attached hydrogen (secondary N) is 1. The molecule has 9 nitrogen and oxygen atoms in total. The Labute approximate surface area is 171 Å². The van der Waals surface area contributed by atoms with Crippen LogP contribution in [0.3, 0.4) is 0 Å². The lowest BCUT2D eigenvalue weighted by molar-refractivity contribution is -0.141. The summed E-state index contributed by atoms with van der Waals surface area (Å²) in [5.74, 6) is -0.0650. The predicted molar refractivity (Wildman–Crippen MR) is 105 cm³/mol. The monoisotopic (exact) mass is 409 g/mol. The number of nitrogens with zero attached hydrogens (tertiary/aromatic N) is 2. The fourth-order valence-electron chi connectivity index (χ4n) is 3.08. The van der Waals surface area contributed by atoms with Crippen LogP contribution in [0.15, 0.2) is 22.8 Å². The molecule has 9 heteroatoms. The zero-order valence-corrected chi connectivity index (χ0v) is 17.4. The van der Waals surface area contributed by atoms with Crippen molar-refractivity contribution in [1.29, 1.82) is 0 Å². The van der Waals surface area contributed by atoms with E-state index in [0.29, 0.717) is 25.5 Å². The number of ether oxygens (including phenoxy) is 2. The Bertz CT molecular complexity index is 655. The highest BCUT2D eigenvalue weighted by Gasteiger charge is 2.27. The molecule has 3 amide bonds. The summed E-state index contributed by atoms with van der Waals surface area (Å²) in [5.41, 5.74) is 0. The smallest absolute Gasteiger partial charge is 0.325 e. The molecule has 1 aromatic heterocycles. The van der Waals surface area contributed by atoms with Crippen LogP contribution in [-0.2, 0) is 25.6 Å². The normalized spacial score (nSPS) is 15.9. The molecule has 1 N–H and O–H groups in total. The molecule has 0 unspecified atom stereocenters. The molecule has 1 fully saturated rings. The molecule has 29 heavy (non-hydrogen) atoms. The summed E-state index contributed by atoms with van der Waals surface area (Å²) >= 11 is 0. The number of urea groups is 1. The second-order valence-electron chi connectivity index (χ2n) is 7.17. The molecule has 1 aliphatic heterocycles. The standard InChI is InChI=1S/C20H31N3O6/c1-4-27-19(25)11-21-20(26)23(15(2)3)14-18(24)22(12-16-7-5-9-28-16)13-17-8-6-10-29-17/h5,7,9,15,17H,4,6,8,10-14H2,1-3H3,(H,21,26)/t17-/m1/s1. The first-order chi connectivity index (χ1) is 13.9. The minimum atomic E-state index is -0.520. The van der Waals surface area contributed by atoms with Crippen molar-refractivity contribution in [3.63, 3.8) is 0 Å². The van der Waals surface area contributed by atoms with Gasteiger partial charge in [0.25, 0.3) is 0 Å². The van der Waals surface area contributed by atoms with Crippen molar-refractivity contribution in [1.82, 2.24) is 15.1 Å². The summed E-state index contributed by atoms with van der Waals surface area (Å²) in [6.07, 6.45) is 3.42. The topological polar surface area (TPSA) is 101 Å². The molecule has 0 aliphatic carbocycles. The molecular formula is C20H31N3O6. The highest BCUT2D eigenvalue weighted by atomic mass is 16.5. The number of carbonyl (C=O) groups excluding carboxylic acids is 3. The van der Waals surface area contributed by atoms with Crippen LogP contribution < -0.4 is 5.32 Å². The van der Waals surface area contributed by atoms with E-state index in [1.807, 2.05) is 19.9 Å². The summed E-state index contributed by atoms with van der Waals surface area (Å²) in [6.45, 7) is 6.66. The van der Waals surface area contributed by atoms with Gasteiger partial charge in [-0.3, -0.25) is 9.59 Å². The van der Waals surface area contributed by atoms with Gasteiger partial charge in [-0.25, -0.2) is 4.79 Å². The van der Waals surface area contributed by atoms with Gasteiger partial charge in [0.1, 0.15) is 18.8 Å². The molecule has 0 spiro atoms. The van der Waals surface area contributed by atoms with Gasteiger partial charge in [0.2, 0.25) is 5.91 Å². The van der Waals surface area contributed by atoms with Crippen molar-refractivity contribution in [3.8, 4) is 0 Å². The van der Waals surface area contributed by atoms with E-state index in [-0.39, 0.29) is 37.7 Å². The van der Waals surface area contributed by atoms with Gasteiger partial charge in [-0.1, -0.05) is 0 Å². The van der Waals surface area contributed by atoms with E-state index in [2.05, 4.69) is 5.32 Å². The molecular weight excluding hydrogens is 378 g/mol. The maximum absolute atomic E-state index is 13.0. The second-order valence-corrected chi connectivity index (χ2v) is 7.17. The summed E-state index contributed by atoms with van der Waals surface area (Å²) in [5, 5.41) is 2.51. The summed E-state index contributed by atoms with van der Waals surface area (Å²) in [6, 6.07) is 2.86. The second kappa shape index (κ2) is 11.5. The largest absolute Gasteiger partial charge is 0.467 e. The van der Waals surface area contributed by atoms with Crippen LogP contribution in [0.2, 0.25) is 0 Å². The van der Waals surface area contributed by atoms with Crippen molar-refractivity contribution in [2.45, 2.75) is 52.3 Å². The van der Waals surface area contributed by atoms with Crippen molar-refractivity contribution in [2.24, 2.45) is 0 Å². The first-order valence-electron chi connectivity index (χ1n) is 10.0. The third-order valence-electron chi connectivity index (χ3n) is 4.61. The van der Waals surface area contributed by atoms with E-state index in [0.717, 1.165) is 12.8 Å². The molecule has 0 aromatic carbocycles. The minimum Gasteiger partial charge on any atom is -0.467 e. The highest BCUT2D eigenvalue weighted by molar-refractivity contribution is 5.86. The Kier molecular flexibility index (Phi) is 8.98. The quantitative estimate of drug-likeness (QED) is 0.591. The van der Waals surface area contributed by atoms with Gasteiger partial charge in [0, 0.05) is 19.2 Å². The number of hydrogen-bond acceptors (Lipinski definition) is 6. The van der Waals surface area contributed by atoms with Crippen LogP contribution in [0.1, 0.15) is 39.4 Å². The SMILES string of the molecule is CCOC(=O)CNC(=O)N(CC(=O)N(Cc1ccco1)C[C@H]1CCCO1)C(C)C. The van der Waals surface area contributed by atoms with E-state index in [1.54, 1.807) is 24.2 Å². The van der Waals surface area contributed by atoms with E-state index in [1.165, 1.54) is 4.90 Å². The van der Waals surface area contributed by atoms with Crippen LogP contribution in [0.5, 0.6) is 0 Å². The van der Waals surface area contributed by atoms with Crippen LogP contribution in [0.4, 0.5) is 4.79 Å². The number of hydrogen-bond donors (Lipinski definition) is 1. The molecule has 2 heterocycles. The minimum absolute atomic E-state index is 0.0148. The molecule has 162 valence electrons. The number of esters is 1. The number of furan rings is 1. The Morgan fingerprint density at radius 3 is 2.72 bits per heavy atom. The Morgan fingerprint density at radius 1 is 1.34 bits per heavy atom. The van der Waals surface area contributed by atoms with E-state index >= 15 is 0 Å². The molecule has 1 atom stereocenters. The number of amides is 3. The van der Waals surface area contributed by atoms with Crippen LogP contribution in [-0.4, -0.2) is 72.7 Å². The first kappa shape index (κ1) is 22.7. The van der Waals surface area contributed by atoms with Crippen LogP contribution >= 0.6 is 0 Å². The highest BCUT2D eigenvalue weighted by Crippen LogP contribution is 2.16. The van der Waals surface area contributed by atoms with E-state index < -0.39 is 12.0 Å². The predicted octanol–water partition coefficient (Wildman–Crippen LogP) is 1.77. The Hall–Kier alpha value is -2.55. The molecule has 2 rings (SSSR count). The molecule has 0 radical (unpaired) electrons. The van der Waals surface area contributed by atoms with Gasteiger partial charge >= 0.3 is 12.0 Å². The van der Waals surface area contributed by atoms with Gasteiger partial charge in [-0.2, -0.15) is 0 Å². The first-order valence-corrected chi connectivity index (χ1v) is 10.0. The number of rotatable bonds is 10. The summed E-state index contributed by atoms with van der Waals surface area (Å²) in [7, 11) is 0. The molecule has 1 saturated heterocycles. The maximum Gasteiger partial charge on any atom is 0.325 e. The van der Waals surface area contributed by atoms with Gasteiger partial charge < -0.3 is 29.0 Å². The summed E-state index contributed by atoms with van der Waals surface area (Å²) in [4.78, 5) is 40.1. The van der Waals surface area contributed by atoms with Gasteiger partial charge in [-0.15, -0.1) is 0 Å². The third kappa shape index (κ3) is 7.41. The van der Waals surface area contributed by atoms with Crippen molar-refractivity contribution >= 4 is 17.9 Å². The fourth-order valence-corrected chi connectivity index (χ4v) is 3.08. The van der Waals surface area contributed by atoms with Crippen LogP contribution in [0.25, 0.3) is 0 Å². The van der Waals surface area contributed by atoms with Crippen LogP contribution in [0, 0.1) is 0 Å². The van der Waals surface area contributed by atoms with Crippen molar-refractivity contribution < 1.29 is 28.3 Å². The Morgan fingerprint density at radius 2 is 2.14 bits per heavy atom. The van der Waals surface area contributed by atoms with Crippen molar-refractivity contribution in [2.75, 3.05) is 32.8 Å². The molecule has 1 aliphatic rings. The third-order valence-corrected chi connectivity index (χ3v) is 4.61. The van der Waals surface area contributed by atoms with Gasteiger partial charge in [0.15, 0.2) is 0 Å². The molecule has 1 aromatic rings. The average molecular weight is 409 g/mol. The lowest BCUT2D eigenvalue weighted by Crippen LogP contribution is -2.51. The maximum atomic E-state index is 13.0. The van der Waals surface area contributed by atoms with Gasteiger partial charge in [0.05, 0.1) is 25.5 Å². The van der Waals surface area contributed by atoms with E-state index in [4.69, 9.17) is 13.9 Å². The van der Waals surface area contributed by atoms with Crippen molar-refractivity contribution in [3.05, 3.63) is 24.2 Å².